The Bertz CT molecular complexity index is 384. The van der Waals surface area contributed by atoms with Gasteiger partial charge >= 0.3 is 5.97 Å². The van der Waals surface area contributed by atoms with E-state index in [4.69, 9.17) is 15.0 Å². The van der Waals surface area contributed by atoms with Crippen LogP contribution in [0.2, 0.25) is 0 Å². The van der Waals surface area contributed by atoms with Gasteiger partial charge in [-0.2, -0.15) is 0 Å². The number of esters is 1. The molecule has 114 valence electrons. The van der Waals surface area contributed by atoms with Gasteiger partial charge in [-0.25, -0.2) is 4.79 Å². The summed E-state index contributed by atoms with van der Waals surface area (Å²) < 4.78 is 16.1. The zero-order chi connectivity index (χ0) is 15.3. The van der Waals surface area contributed by atoms with E-state index in [1.165, 1.54) is 7.11 Å². The first kappa shape index (κ1) is 16.8. The summed E-state index contributed by atoms with van der Waals surface area (Å²) in [4.78, 5) is 14.3. The van der Waals surface area contributed by atoms with Crippen molar-refractivity contribution in [2.24, 2.45) is 17.0 Å². The molecule has 1 aliphatic heterocycles. The molecule has 0 aliphatic carbocycles. The number of ether oxygens (including phenoxy) is 3. The lowest BCUT2D eigenvalue weighted by atomic mass is 9.81. The van der Waals surface area contributed by atoms with Gasteiger partial charge in [0.15, 0.2) is 12.4 Å². The Balaban J connectivity index is 2.88. The normalized spacial score (nSPS) is 35.0. The van der Waals surface area contributed by atoms with Crippen LogP contribution in [0, 0.1) is 11.8 Å². The SMILES string of the molecule is CCC1OC(O[C@@H](C)C(=O)OC)C(N=[N+]=[N-])[C@@H](C)[C@@H]1C. The van der Waals surface area contributed by atoms with E-state index in [-0.39, 0.29) is 17.9 Å². The lowest BCUT2D eigenvalue weighted by Crippen LogP contribution is -2.50. The molecule has 0 spiro atoms. The van der Waals surface area contributed by atoms with Crippen LogP contribution in [0.3, 0.4) is 0 Å². The molecule has 1 fully saturated rings. The fourth-order valence-corrected chi connectivity index (χ4v) is 2.50. The number of rotatable bonds is 5. The van der Waals surface area contributed by atoms with Crippen molar-refractivity contribution in [1.29, 1.82) is 0 Å². The summed E-state index contributed by atoms with van der Waals surface area (Å²) in [6.45, 7) is 7.70. The average Bonchev–Trinajstić information content (AvgIpc) is 2.45. The summed E-state index contributed by atoms with van der Waals surface area (Å²) in [7, 11) is 1.30. The highest BCUT2D eigenvalue weighted by Gasteiger charge is 2.42. The maximum absolute atomic E-state index is 11.4. The van der Waals surface area contributed by atoms with Crippen molar-refractivity contribution < 1.29 is 19.0 Å². The number of methoxy groups -OCH3 is 1. The highest BCUT2D eigenvalue weighted by atomic mass is 16.7. The average molecular weight is 285 g/mol. The van der Waals surface area contributed by atoms with Crippen LogP contribution in [0.5, 0.6) is 0 Å². The second-order valence-corrected chi connectivity index (χ2v) is 5.17. The van der Waals surface area contributed by atoms with E-state index in [2.05, 4.69) is 21.7 Å². The molecule has 1 heterocycles. The molecule has 0 bridgehead atoms. The van der Waals surface area contributed by atoms with Gasteiger partial charge in [0.05, 0.1) is 19.3 Å². The molecule has 1 rings (SSSR count). The molecule has 3 unspecified atom stereocenters. The first-order valence-electron chi connectivity index (χ1n) is 6.89. The molecule has 0 radical (unpaired) electrons. The Morgan fingerprint density at radius 1 is 1.45 bits per heavy atom. The summed E-state index contributed by atoms with van der Waals surface area (Å²) in [5, 5.41) is 3.78. The molecule has 7 heteroatoms. The van der Waals surface area contributed by atoms with E-state index < -0.39 is 24.4 Å². The lowest BCUT2D eigenvalue weighted by molar-refractivity contribution is -0.246. The molecule has 0 saturated carbocycles. The molecule has 0 aromatic heterocycles. The van der Waals surface area contributed by atoms with Crippen LogP contribution in [-0.4, -0.2) is 37.6 Å². The Hall–Kier alpha value is -1.30. The maximum Gasteiger partial charge on any atom is 0.334 e. The van der Waals surface area contributed by atoms with Gasteiger partial charge in [-0.1, -0.05) is 25.9 Å². The van der Waals surface area contributed by atoms with Crippen LogP contribution in [-0.2, 0) is 19.0 Å². The van der Waals surface area contributed by atoms with Gasteiger partial charge in [-0.05, 0) is 30.7 Å². The largest absolute Gasteiger partial charge is 0.467 e. The third kappa shape index (κ3) is 3.62. The summed E-state index contributed by atoms with van der Waals surface area (Å²) in [6.07, 6.45) is -0.637. The second-order valence-electron chi connectivity index (χ2n) is 5.17. The number of hydrogen-bond acceptors (Lipinski definition) is 5. The Labute approximate surface area is 119 Å². The predicted molar refractivity (Wildman–Crippen MR) is 72.8 cm³/mol. The molecule has 7 nitrogen and oxygen atoms in total. The fourth-order valence-electron chi connectivity index (χ4n) is 2.50. The maximum atomic E-state index is 11.4. The number of azide groups is 1. The van der Waals surface area contributed by atoms with Crippen LogP contribution in [0.25, 0.3) is 10.4 Å². The zero-order valence-corrected chi connectivity index (χ0v) is 12.6. The van der Waals surface area contributed by atoms with Gasteiger partial charge in [0.1, 0.15) is 0 Å². The molecule has 20 heavy (non-hydrogen) atoms. The second kappa shape index (κ2) is 7.47. The highest BCUT2D eigenvalue weighted by Crippen LogP contribution is 2.35. The van der Waals surface area contributed by atoms with Crippen molar-refractivity contribution in [2.75, 3.05) is 7.11 Å². The number of hydrogen-bond donors (Lipinski definition) is 0. The molecular weight excluding hydrogens is 262 g/mol. The Morgan fingerprint density at radius 3 is 2.60 bits per heavy atom. The van der Waals surface area contributed by atoms with E-state index in [1.54, 1.807) is 6.92 Å². The molecule has 0 aromatic rings. The molecule has 0 N–H and O–H groups in total. The molecule has 0 aromatic carbocycles. The van der Waals surface area contributed by atoms with E-state index in [1.807, 2.05) is 13.8 Å². The summed E-state index contributed by atoms with van der Waals surface area (Å²) in [5.41, 5.74) is 8.71. The fraction of sp³-hybridized carbons (Fsp3) is 0.923. The highest BCUT2D eigenvalue weighted by molar-refractivity contribution is 5.73. The number of carbonyl (C=O) groups excluding carboxylic acids is 1. The summed E-state index contributed by atoms with van der Waals surface area (Å²) in [6, 6.07) is -0.454. The molecule has 6 atom stereocenters. The minimum absolute atomic E-state index is 0.0185. The summed E-state index contributed by atoms with van der Waals surface area (Å²) >= 11 is 0. The predicted octanol–water partition coefficient (Wildman–Crippen LogP) is 2.65. The van der Waals surface area contributed by atoms with Crippen molar-refractivity contribution in [3.63, 3.8) is 0 Å². The van der Waals surface area contributed by atoms with Gasteiger partial charge in [0, 0.05) is 4.91 Å². The first-order chi connectivity index (χ1) is 9.46. The van der Waals surface area contributed by atoms with Crippen LogP contribution < -0.4 is 0 Å². The van der Waals surface area contributed by atoms with Crippen LogP contribution in [0.1, 0.15) is 34.1 Å². The smallest absolute Gasteiger partial charge is 0.334 e. The summed E-state index contributed by atoms with van der Waals surface area (Å²) in [5.74, 6) is -0.115. The molecule has 0 amide bonds. The number of carbonyl (C=O) groups is 1. The number of nitrogens with zero attached hydrogens (tertiary/aromatic N) is 3. The third-order valence-electron chi connectivity index (χ3n) is 4.00. The molecule has 1 saturated heterocycles. The van der Waals surface area contributed by atoms with Crippen LogP contribution >= 0.6 is 0 Å². The monoisotopic (exact) mass is 285 g/mol. The van der Waals surface area contributed by atoms with Gasteiger partial charge in [0.25, 0.3) is 0 Å². The minimum Gasteiger partial charge on any atom is -0.467 e. The minimum atomic E-state index is -0.764. The van der Waals surface area contributed by atoms with Crippen LogP contribution in [0.4, 0.5) is 0 Å². The standard InChI is InChI=1S/C13H23N3O4/c1-6-10-7(2)8(3)11(15-16-14)13(20-10)19-9(4)12(17)18-5/h7-11,13H,6H2,1-5H3/t7-,8-,9-,10?,11?,13?/m0/s1. The van der Waals surface area contributed by atoms with Gasteiger partial charge < -0.3 is 14.2 Å². The topological polar surface area (TPSA) is 93.5 Å². The van der Waals surface area contributed by atoms with Gasteiger partial charge in [-0.3, -0.25) is 0 Å². The molecular formula is C13H23N3O4. The van der Waals surface area contributed by atoms with Crippen molar-refractivity contribution in [3.8, 4) is 0 Å². The van der Waals surface area contributed by atoms with Crippen molar-refractivity contribution in [2.45, 2.75) is 58.7 Å². The quantitative estimate of drug-likeness (QED) is 0.336. The van der Waals surface area contributed by atoms with Crippen molar-refractivity contribution in [1.82, 2.24) is 0 Å². The molecule has 1 aliphatic rings. The van der Waals surface area contributed by atoms with Crippen LogP contribution in [0.15, 0.2) is 5.11 Å². The Morgan fingerprint density at radius 2 is 2.10 bits per heavy atom. The van der Waals surface area contributed by atoms with E-state index in [0.29, 0.717) is 0 Å². The first-order valence-corrected chi connectivity index (χ1v) is 6.89. The lowest BCUT2D eigenvalue weighted by Gasteiger charge is -2.43. The van der Waals surface area contributed by atoms with Gasteiger partial charge in [-0.15, -0.1) is 0 Å². The van der Waals surface area contributed by atoms with E-state index >= 15 is 0 Å². The van der Waals surface area contributed by atoms with E-state index in [9.17, 15) is 4.79 Å². The van der Waals surface area contributed by atoms with Crippen molar-refractivity contribution in [3.05, 3.63) is 10.4 Å². The third-order valence-corrected chi connectivity index (χ3v) is 4.00. The zero-order valence-electron chi connectivity index (χ0n) is 12.6. The Kier molecular flexibility index (Phi) is 6.26. The van der Waals surface area contributed by atoms with Gasteiger partial charge in [0.2, 0.25) is 0 Å². The van der Waals surface area contributed by atoms with Crippen molar-refractivity contribution >= 4 is 5.97 Å². The van der Waals surface area contributed by atoms with E-state index in [0.717, 1.165) is 6.42 Å².